The summed E-state index contributed by atoms with van der Waals surface area (Å²) in [6.45, 7) is 8.91. The summed E-state index contributed by atoms with van der Waals surface area (Å²) in [4.78, 5) is 4.31. The van der Waals surface area contributed by atoms with Gasteiger partial charge in [-0.15, -0.1) is 0 Å². The second kappa shape index (κ2) is 13.9. The number of nitriles is 1. The molecule has 0 saturated carbocycles. The summed E-state index contributed by atoms with van der Waals surface area (Å²) in [5.74, 6) is 0. The molecule has 5 heterocycles. The van der Waals surface area contributed by atoms with E-state index in [-0.39, 0.29) is 0 Å². The second-order valence-electron chi connectivity index (χ2n) is 17.8. The Hall–Kier alpha value is -9.82. The van der Waals surface area contributed by atoms with E-state index in [9.17, 15) is 5.26 Å². The van der Waals surface area contributed by atoms with Crippen LogP contribution in [-0.2, 0) is 0 Å². The number of hydrogen-bond acceptors (Lipinski definition) is 2. The molecule has 0 saturated heterocycles. The first-order valence-electron chi connectivity index (χ1n) is 23.0. The fourth-order valence-corrected chi connectivity index (χ4v) is 11.6. The monoisotopic (exact) mass is 878 g/mol. The van der Waals surface area contributed by atoms with Crippen LogP contribution in [0.1, 0.15) is 5.56 Å². The zero-order valence-electron chi connectivity index (χ0n) is 36.7. The normalized spacial score (nSPS) is 12.0. The van der Waals surface area contributed by atoms with Gasteiger partial charge < -0.3 is 22.7 Å². The maximum absolute atomic E-state index is 11.4. The van der Waals surface area contributed by atoms with Crippen molar-refractivity contribution in [3.63, 3.8) is 0 Å². The van der Waals surface area contributed by atoms with Gasteiger partial charge >= 0.3 is 0 Å². The quantitative estimate of drug-likeness (QED) is 0.165. The van der Waals surface area contributed by atoms with Gasteiger partial charge in [-0.25, -0.2) is 4.85 Å². The number of nitrogens with zero attached hydrogens (tertiary/aromatic N) is 6. The Balaban J connectivity index is 1.05. The fourth-order valence-electron chi connectivity index (χ4n) is 11.6. The van der Waals surface area contributed by atoms with Gasteiger partial charge in [0.15, 0.2) is 0 Å². The molecule has 0 spiro atoms. The Morgan fingerprint density at radius 1 is 0.391 bits per heavy atom. The Kier molecular flexibility index (Phi) is 7.51. The van der Waals surface area contributed by atoms with Crippen molar-refractivity contribution in [1.82, 2.24) is 18.3 Å². The van der Waals surface area contributed by atoms with Crippen LogP contribution in [0.2, 0.25) is 0 Å². The molecule has 7 nitrogen and oxygen atoms in total. The molecule has 0 aliphatic rings. The SMILES string of the molecule is [C-]#[N+]c1cc(-n2c3ccccc3c3ccc4c5ccccc5n(-c5ccccc5)c4c32)c(C#N)cc1-n1c2ccc(-n3c4ccccc4c4ccccc43)cc2c2c3oc4ccccc4c3ccc21. The number of furan rings is 1. The van der Waals surface area contributed by atoms with Crippen molar-refractivity contribution in [2.24, 2.45) is 0 Å². The highest BCUT2D eigenvalue weighted by Crippen LogP contribution is 2.46. The predicted molar refractivity (Wildman–Crippen MR) is 282 cm³/mol. The summed E-state index contributed by atoms with van der Waals surface area (Å²) in [7, 11) is 0. The molecule has 0 unspecified atom stereocenters. The summed E-state index contributed by atoms with van der Waals surface area (Å²) in [6.07, 6.45) is 0. The van der Waals surface area contributed by atoms with Crippen LogP contribution in [-0.4, -0.2) is 18.3 Å². The molecule has 0 bridgehead atoms. The minimum absolute atomic E-state index is 0.417. The first-order chi connectivity index (χ1) is 34.2. The lowest BCUT2D eigenvalue weighted by Crippen LogP contribution is -2.03. The van der Waals surface area contributed by atoms with Crippen LogP contribution in [0.4, 0.5) is 5.69 Å². The Labute approximate surface area is 393 Å². The molecule has 0 aliphatic heterocycles. The molecule has 0 aliphatic carbocycles. The lowest BCUT2D eigenvalue weighted by atomic mass is 10.1. The molecular formula is C62H34N6O. The molecule has 15 rings (SSSR count). The summed E-state index contributed by atoms with van der Waals surface area (Å²) in [5.41, 5.74) is 13.8. The highest BCUT2D eigenvalue weighted by atomic mass is 16.3. The Morgan fingerprint density at radius 2 is 0.913 bits per heavy atom. The van der Waals surface area contributed by atoms with Crippen molar-refractivity contribution in [3.8, 4) is 28.8 Å². The first kappa shape index (κ1) is 37.4. The van der Waals surface area contributed by atoms with E-state index < -0.39 is 0 Å². The van der Waals surface area contributed by atoms with E-state index in [0.29, 0.717) is 22.6 Å². The van der Waals surface area contributed by atoms with E-state index in [2.05, 4.69) is 193 Å². The zero-order chi connectivity index (χ0) is 45.5. The lowest BCUT2D eigenvalue weighted by molar-refractivity contribution is 0.673. The molecule has 0 amide bonds. The van der Waals surface area contributed by atoms with Crippen LogP contribution in [0.5, 0.6) is 0 Å². The van der Waals surface area contributed by atoms with Gasteiger partial charge in [0.2, 0.25) is 5.69 Å². The predicted octanol–water partition coefficient (Wildman–Crippen LogP) is 16.4. The van der Waals surface area contributed by atoms with Crippen LogP contribution >= 0.6 is 0 Å². The Bertz CT molecular complexity index is 4760. The third-order valence-electron chi connectivity index (χ3n) is 14.4. The summed E-state index contributed by atoms with van der Waals surface area (Å²) >= 11 is 0. The van der Waals surface area contributed by atoms with E-state index in [0.717, 1.165) is 110 Å². The van der Waals surface area contributed by atoms with E-state index in [4.69, 9.17) is 11.0 Å². The van der Waals surface area contributed by atoms with Crippen LogP contribution in [0.25, 0.3) is 137 Å². The van der Waals surface area contributed by atoms with Gasteiger partial charge in [0.05, 0.1) is 73.0 Å². The van der Waals surface area contributed by atoms with Crippen molar-refractivity contribution >= 4 is 115 Å². The zero-order valence-corrected chi connectivity index (χ0v) is 36.7. The lowest BCUT2D eigenvalue weighted by Gasteiger charge is -2.17. The van der Waals surface area contributed by atoms with Gasteiger partial charge in [0, 0.05) is 59.9 Å². The molecule has 0 atom stereocenters. The highest BCUT2D eigenvalue weighted by Gasteiger charge is 2.26. The van der Waals surface area contributed by atoms with Gasteiger partial charge in [0.25, 0.3) is 0 Å². The largest absolute Gasteiger partial charge is 0.455 e. The van der Waals surface area contributed by atoms with Crippen molar-refractivity contribution < 1.29 is 4.42 Å². The molecule has 5 aromatic heterocycles. The summed E-state index contributed by atoms with van der Waals surface area (Å²) in [5, 5.41) is 22.1. The average Bonchev–Trinajstić information content (AvgIpc) is 4.21. The third-order valence-corrected chi connectivity index (χ3v) is 14.4. The first-order valence-corrected chi connectivity index (χ1v) is 23.0. The van der Waals surface area contributed by atoms with E-state index in [1.807, 2.05) is 42.5 Å². The van der Waals surface area contributed by atoms with E-state index >= 15 is 0 Å². The van der Waals surface area contributed by atoms with Crippen molar-refractivity contribution in [3.05, 3.63) is 223 Å². The highest BCUT2D eigenvalue weighted by molar-refractivity contribution is 6.26. The molecule has 0 radical (unpaired) electrons. The molecule has 10 aromatic carbocycles. The molecule has 69 heavy (non-hydrogen) atoms. The number of hydrogen-bond donors (Lipinski definition) is 0. The molecule has 7 heteroatoms. The van der Waals surface area contributed by atoms with Gasteiger partial charge in [-0.05, 0) is 84.9 Å². The summed E-state index contributed by atoms with van der Waals surface area (Å²) < 4.78 is 15.8. The Morgan fingerprint density at radius 3 is 1.57 bits per heavy atom. The maximum Gasteiger partial charge on any atom is 0.212 e. The number of rotatable bonds is 4. The van der Waals surface area contributed by atoms with Crippen molar-refractivity contribution in [2.45, 2.75) is 0 Å². The summed E-state index contributed by atoms with van der Waals surface area (Å²) in [6, 6.07) is 74.3. The molecule has 318 valence electrons. The van der Waals surface area contributed by atoms with E-state index in [1.54, 1.807) is 0 Å². The van der Waals surface area contributed by atoms with Crippen LogP contribution in [0.15, 0.2) is 211 Å². The third kappa shape index (κ3) is 4.97. The number of para-hydroxylation sites is 6. The van der Waals surface area contributed by atoms with Crippen molar-refractivity contribution in [2.75, 3.05) is 0 Å². The van der Waals surface area contributed by atoms with Crippen LogP contribution in [0.3, 0.4) is 0 Å². The topological polar surface area (TPSA) is 61.0 Å². The molecule has 15 aromatic rings. The minimum atomic E-state index is 0.417. The van der Waals surface area contributed by atoms with Gasteiger partial charge in [0.1, 0.15) is 17.2 Å². The molecular weight excluding hydrogens is 845 g/mol. The van der Waals surface area contributed by atoms with Gasteiger partial charge in [-0.2, -0.15) is 5.26 Å². The maximum atomic E-state index is 11.4. The standard InChI is InChI=1S/C62H34N6O/c1-64-49-35-56(68-53-25-13-8-20-43(53)46-29-28-45-42-19-7-12-24-52(42)66(60(45)61(46)68)38-15-3-2-4-16-38)37(36-63)33-57(49)67-54-31-27-39(65-50-22-10-5-17-40(50)41-18-6-11-23-51(41)65)34-48(54)59-55(67)32-30-47-44-21-9-14-26-58(44)69-62(47)59/h2-35H. The van der Waals surface area contributed by atoms with Gasteiger partial charge in [-0.3, -0.25) is 0 Å². The molecule has 0 fully saturated rings. The number of fused-ring (bicyclic) bond motifs is 17. The second-order valence-corrected chi connectivity index (χ2v) is 17.8. The van der Waals surface area contributed by atoms with Crippen LogP contribution in [0, 0.1) is 17.9 Å². The number of aromatic nitrogens is 4. The number of benzene rings is 10. The van der Waals surface area contributed by atoms with Crippen LogP contribution < -0.4 is 0 Å². The smallest absolute Gasteiger partial charge is 0.212 e. The van der Waals surface area contributed by atoms with E-state index in [1.165, 1.54) is 10.8 Å². The van der Waals surface area contributed by atoms with Gasteiger partial charge in [-0.1, -0.05) is 121 Å². The minimum Gasteiger partial charge on any atom is -0.455 e. The molecule has 0 N–H and O–H groups in total. The average molecular weight is 879 g/mol. The fraction of sp³-hybridized carbons (Fsp3) is 0. The van der Waals surface area contributed by atoms with Crippen molar-refractivity contribution in [1.29, 1.82) is 5.26 Å².